The van der Waals surface area contributed by atoms with Gasteiger partial charge in [-0.1, -0.05) is 0 Å². The van der Waals surface area contributed by atoms with E-state index in [1.165, 1.54) is 17.0 Å². The first-order valence-corrected chi connectivity index (χ1v) is 5.80. The predicted molar refractivity (Wildman–Crippen MR) is 64.4 cm³/mol. The summed E-state index contributed by atoms with van der Waals surface area (Å²) in [5.74, 6) is -0.236. The number of nitrogens with zero attached hydrogens (tertiary/aromatic N) is 2. The fourth-order valence-electron chi connectivity index (χ4n) is 1.78. The van der Waals surface area contributed by atoms with Crippen molar-refractivity contribution in [2.75, 3.05) is 33.3 Å². The Morgan fingerprint density at radius 1 is 1.61 bits per heavy atom. The SMILES string of the molecule is CN(CC1CNCCO1)C(=O)c1ccc(=O)[nH]n1. The van der Waals surface area contributed by atoms with Crippen LogP contribution in [0.25, 0.3) is 0 Å². The third-order valence-corrected chi connectivity index (χ3v) is 2.73. The first-order valence-electron chi connectivity index (χ1n) is 5.80. The number of carbonyl (C=O) groups is 1. The van der Waals surface area contributed by atoms with Crippen molar-refractivity contribution in [3.8, 4) is 0 Å². The highest BCUT2D eigenvalue weighted by molar-refractivity contribution is 5.91. The van der Waals surface area contributed by atoms with Crippen molar-refractivity contribution in [3.05, 3.63) is 28.2 Å². The molecule has 0 saturated carbocycles. The normalized spacial score (nSPS) is 19.5. The highest BCUT2D eigenvalue weighted by Crippen LogP contribution is 2.02. The molecule has 98 valence electrons. The maximum atomic E-state index is 12.0. The Kier molecular flexibility index (Phi) is 4.06. The predicted octanol–water partition coefficient (Wildman–Crippen LogP) is -1.17. The molecule has 7 heteroatoms. The standard InChI is InChI=1S/C11H16N4O3/c1-15(7-8-6-12-4-5-18-8)11(17)9-2-3-10(16)14-13-9/h2-3,8,12H,4-7H2,1H3,(H,14,16). The zero-order valence-corrected chi connectivity index (χ0v) is 10.2. The van der Waals surface area contributed by atoms with E-state index in [-0.39, 0.29) is 23.3 Å². The number of nitrogens with one attached hydrogen (secondary N) is 2. The van der Waals surface area contributed by atoms with E-state index in [1.54, 1.807) is 7.05 Å². The number of rotatable bonds is 3. The summed E-state index contributed by atoms with van der Waals surface area (Å²) in [6, 6.07) is 2.70. The number of likely N-dealkylation sites (N-methyl/N-ethyl adjacent to an activating group) is 1. The molecule has 1 aromatic rings. The largest absolute Gasteiger partial charge is 0.374 e. The molecule has 1 fully saturated rings. The van der Waals surface area contributed by atoms with E-state index < -0.39 is 0 Å². The average Bonchev–Trinajstić information content (AvgIpc) is 2.40. The molecule has 0 radical (unpaired) electrons. The van der Waals surface area contributed by atoms with Gasteiger partial charge >= 0.3 is 0 Å². The number of hydrogen-bond acceptors (Lipinski definition) is 5. The summed E-state index contributed by atoms with van der Waals surface area (Å²) in [6.45, 7) is 2.72. The maximum Gasteiger partial charge on any atom is 0.274 e. The smallest absolute Gasteiger partial charge is 0.274 e. The quantitative estimate of drug-likeness (QED) is 0.708. The van der Waals surface area contributed by atoms with Gasteiger partial charge in [0.1, 0.15) is 5.69 Å². The molecule has 1 unspecified atom stereocenters. The third kappa shape index (κ3) is 3.14. The van der Waals surface area contributed by atoms with E-state index in [2.05, 4.69) is 15.5 Å². The van der Waals surface area contributed by atoms with Crippen LogP contribution in [0.1, 0.15) is 10.5 Å². The van der Waals surface area contributed by atoms with Gasteiger partial charge in [0.25, 0.3) is 11.5 Å². The van der Waals surface area contributed by atoms with E-state index in [4.69, 9.17) is 4.74 Å². The van der Waals surface area contributed by atoms with Gasteiger partial charge in [0.2, 0.25) is 0 Å². The molecule has 0 bridgehead atoms. The first kappa shape index (κ1) is 12.7. The fourth-order valence-corrected chi connectivity index (χ4v) is 1.78. The van der Waals surface area contributed by atoms with Gasteiger partial charge in [0.05, 0.1) is 12.7 Å². The molecule has 0 aliphatic carbocycles. The summed E-state index contributed by atoms with van der Waals surface area (Å²) in [4.78, 5) is 24.4. The monoisotopic (exact) mass is 252 g/mol. The van der Waals surface area contributed by atoms with E-state index in [0.717, 1.165) is 13.1 Å². The molecular formula is C11H16N4O3. The number of aromatic amines is 1. The highest BCUT2D eigenvalue weighted by atomic mass is 16.5. The van der Waals surface area contributed by atoms with Crippen LogP contribution in [0.5, 0.6) is 0 Å². The zero-order valence-electron chi connectivity index (χ0n) is 10.2. The van der Waals surface area contributed by atoms with Crippen LogP contribution >= 0.6 is 0 Å². The van der Waals surface area contributed by atoms with Crippen LogP contribution in [0.2, 0.25) is 0 Å². The minimum atomic E-state index is -0.325. The number of ether oxygens (including phenoxy) is 1. The first-order chi connectivity index (χ1) is 8.66. The molecule has 1 aliphatic rings. The van der Waals surface area contributed by atoms with Gasteiger partial charge in [-0.25, -0.2) is 5.10 Å². The van der Waals surface area contributed by atoms with Gasteiger partial charge in [-0.15, -0.1) is 0 Å². The zero-order chi connectivity index (χ0) is 13.0. The molecule has 0 spiro atoms. The lowest BCUT2D eigenvalue weighted by Crippen LogP contribution is -2.45. The molecule has 2 rings (SSSR count). The Labute approximate surface area is 104 Å². The number of carbonyl (C=O) groups excluding carboxylic acids is 1. The van der Waals surface area contributed by atoms with Crippen molar-refractivity contribution in [2.24, 2.45) is 0 Å². The Hall–Kier alpha value is -1.73. The molecule has 1 atom stereocenters. The van der Waals surface area contributed by atoms with Crippen molar-refractivity contribution in [3.63, 3.8) is 0 Å². The van der Waals surface area contributed by atoms with Crippen molar-refractivity contribution < 1.29 is 9.53 Å². The van der Waals surface area contributed by atoms with Crippen LogP contribution in [0.15, 0.2) is 16.9 Å². The van der Waals surface area contributed by atoms with Gasteiger partial charge in [0.15, 0.2) is 0 Å². The van der Waals surface area contributed by atoms with Gasteiger partial charge in [0, 0.05) is 32.7 Å². The number of morpholine rings is 1. The van der Waals surface area contributed by atoms with Crippen molar-refractivity contribution in [1.29, 1.82) is 0 Å². The van der Waals surface area contributed by atoms with Crippen molar-refractivity contribution in [2.45, 2.75) is 6.10 Å². The van der Waals surface area contributed by atoms with Crippen LogP contribution in [0, 0.1) is 0 Å². The molecule has 7 nitrogen and oxygen atoms in total. The van der Waals surface area contributed by atoms with Crippen molar-refractivity contribution >= 4 is 5.91 Å². The molecule has 18 heavy (non-hydrogen) atoms. The summed E-state index contributed by atoms with van der Waals surface area (Å²) < 4.78 is 5.52. The van der Waals surface area contributed by atoms with E-state index in [1.807, 2.05) is 0 Å². The van der Waals surface area contributed by atoms with Gasteiger partial charge < -0.3 is 15.0 Å². The molecular weight excluding hydrogens is 236 g/mol. The number of H-pyrrole nitrogens is 1. The Morgan fingerprint density at radius 2 is 2.44 bits per heavy atom. The molecule has 1 aromatic heterocycles. The average molecular weight is 252 g/mol. The number of aromatic nitrogens is 2. The molecule has 2 heterocycles. The highest BCUT2D eigenvalue weighted by Gasteiger charge is 2.20. The molecule has 1 amide bonds. The van der Waals surface area contributed by atoms with Crippen LogP contribution in [-0.4, -0.2) is 60.4 Å². The second kappa shape index (κ2) is 5.74. The van der Waals surface area contributed by atoms with Gasteiger partial charge in [-0.05, 0) is 6.07 Å². The molecule has 2 N–H and O–H groups in total. The number of amides is 1. The van der Waals surface area contributed by atoms with E-state index in [9.17, 15) is 9.59 Å². The summed E-state index contributed by atoms with van der Waals surface area (Å²) in [7, 11) is 1.69. The lowest BCUT2D eigenvalue weighted by Gasteiger charge is -2.27. The maximum absolute atomic E-state index is 12.0. The van der Waals surface area contributed by atoms with Gasteiger partial charge in [-0.3, -0.25) is 9.59 Å². The Balaban J connectivity index is 1.95. The Bertz CT molecular complexity index is 447. The summed E-state index contributed by atoms with van der Waals surface area (Å²) in [5.41, 5.74) is -0.102. The summed E-state index contributed by atoms with van der Waals surface area (Å²) in [6.07, 6.45) is -0.00420. The molecule has 1 aliphatic heterocycles. The summed E-state index contributed by atoms with van der Waals surface area (Å²) in [5, 5.41) is 9.15. The topological polar surface area (TPSA) is 87.3 Å². The van der Waals surface area contributed by atoms with Crippen molar-refractivity contribution in [1.82, 2.24) is 20.4 Å². The summed E-state index contributed by atoms with van der Waals surface area (Å²) >= 11 is 0. The second-order valence-corrected chi connectivity index (χ2v) is 4.19. The van der Waals surface area contributed by atoms with Crippen LogP contribution in [0.3, 0.4) is 0 Å². The minimum absolute atomic E-state index is 0.00420. The lowest BCUT2D eigenvalue weighted by atomic mass is 10.2. The van der Waals surface area contributed by atoms with Crippen LogP contribution in [0.4, 0.5) is 0 Å². The Morgan fingerprint density at radius 3 is 3.06 bits per heavy atom. The van der Waals surface area contributed by atoms with E-state index in [0.29, 0.717) is 13.2 Å². The number of hydrogen-bond donors (Lipinski definition) is 2. The van der Waals surface area contributed by atoms with E-state index >= 15 is 0 Å². The second-order valence-electron chi connectivity index (χ2n) is 4.19. The molecule has 0 aromatic carbocycles. The third-order valence-electron chi connectivity index (χ3n) is 2.73. The van der Waals surface area contributed by atoms with Crippen LogP contribution < -0.4 is 10.9 Å². The van der Waals surface area contributed by atoms with Crippen LogP contribution in [-0.2, 0) is 4.74 Å². The minimum Gasteiger partial charge on any atom is -0.374 e. The molecule has 1 saturated heterocycles. The lowest BCUT2D eigenvalue weighted by molar-refractivity contribution is 0.0102. The fraction of sp³-hybridized carbons (Fsp3) is 0.545. The van der Waals surface area contributed by atoms with Gasteiger partial charge in [-0.2, -0.15) is 5.10 Å².